The molecule has 0 saturated carbocycles. The van der Waals surface area contributed by atoms with Crippen molar-refractivity contribution in [2.75, 3.05) is 31.6 Å². The highest BCUT2D eigenvalue weighted by Crippen LogP contribution is 2.30. The van der Waals surface area contributed by atoms with Crippen LogP contribution in [-0.4, -0.2) is 58.1 Å². The minimum absolute atomic E-state index is 0.0787. The summed E-state index contributed by atoms with van der Waals surface area (Å²) in [6.07, 6.45) is 5.70. The lowest BCUT2D eigenvalue weighted by Gasteiger charge is -2.45. The molecule has 1 aliphatic rings. The molecule has 1 aromatic carbocycles. The molecule has 1 unspecified atom stereocenters. The topological polar surface area (TPSA) is 65.1 Å². The number of likely N-dealkylation sites (N-methyl/N-ethyl adjacent to an activating group) is 1. The molecule has 0 aliphatic carbocycles. The summed E-state index contributed by atoms with van der Waals surface area (Å²) in [5.41, 5.74) is 2.53. The van der Waals surface area contributed by atoms with Gasteiger partial charge < -0.3 is 9.88 Å². The van der Waals surface area contributed by atoms with Crippen molar-refractivity contribution in [2.24, 2.45) is 11.8 Å². The second-order valence-corrected chi connectivity index (χ2v) is 11.5. The smallest absolute Gasteiger partial charge is 0.208 e. The molecule has 0 bridgehead atoms. The maximum absolute atomic E-state index is 13.2. The molecule has 0 radical (unpaired) electrons. The molecule has 6 nitrogen and oxygen atoms in total. The lowest BCUT2D eigenvalue weighted by Crippen LogP contribution is -2.57. The standard InChI is InChI=1S/C26H37N5OS/c1-18(2)10-11-19(14-20-16-27-22-9-7-6-8-21(20)22)15-23(32)24-28-29-25(33-24)31-13-12-30(5)26(3,4)17-31/h6-9,16,18-19,27H,10-15,17H2,1-5H3. The number of aromatic amines is 1. The summed E-state index contributed by atoms with van der Waals surface area (Å²) in [4.78, 5) is 21.3. The summed E-state index contributed by atoms with van der Waals surface area (Å²) in [5.74, 6) is 1.05. The summed E-state index contributed by atoms with van der Waals surface area (Å²) in [6, 6.07) is 8.40. The molecule has 0 spiro atoms. The molecule has 2 aromatic heterocycles. The van der Waals surface area contributed by atoms with Gasteiger partial charge in [0.05, 0.1) is 0 Å². The molecular formula is C26H37N5OS. The van der Waals surface area contributed by atoms with E-state index in [-0.39, 0.29) is 11.3 Å². The van der Waals surface area contributed by atoms with E-state index in [1.807, 2.05) is 0 Å². The molecule has 1 N–H and O–H groups in total. The van der Waals surface area contributed by atoms with E-state index in [0.29, 0.717) is 23.3 Å². The normalized spacial score (nSPS) is 17.7. The van der Waals surface area contributed by atoms with Crippen LogP contribution >= 0.6 is 11.3 Å². The minimum Gasteiger partial charge on any atom is -0.361 e. The Bertz CT molecular complexity index is 1090. The molecule has 1 saturated heterocycles. The van der Waals surface area contributed by atoms with Gasteiger partial charge in [0.15, 0.2) is 10.8 Å². The van der Waals surface area contributed by atoms with Crippen molar-refractivity contribution in [1.82, 2.24) is 20.1 Å². The maximum Gasteiger partial charge on any atom is 0.208 e. The third-order valence-electron chi connectivity index (χ3n) is 7.05. The van der Waals surface area contributed by atoms with Crippen molar-refractivity contribution >= 4 is 33.2 Å². The van der Waals surface area contributed by atoms with Crippen LogP contribution in [0.15, 0.2) is 30.5 Å². The fourth-order valence-electron chi connectivity index (χ4n) is 4.67. The number of hydrogen-bond acceptors (Lipinski definition) is 6. The van der Waals surface area contributed by atoms with Crippen molar-refractivity contribution in [3.05, 3.63) is 41.0 Å². The van der Waals surface area contributed by atoms with Crippen LogP contribution in [0.2, 0.25) is 0 Å². The van der Waals surface area contributed by atoms with Crippen LogP contribution < -0.4 is 4.90 Å². The first-order chi connectivity index (χ1) is 15.7. The fourth-order valence-corrected chi connectivity index (χ4v) is 5.48. The van der Waals surface area contributed by atoms with Gasteiger partial charge in [-0.2, -0.15) is 0 Å². The zero-order valence-electron chi connectivity index (χ0n) is 20.6. The van der Waals surface area contributed by atoms with Crippen molar-refractivity contribution < 1.29 is 4.79 Å². The molecule has 1 fully saturated rings. The first-order valence-electron chi connectivity index (χ1n) is 12.1. The van der Waals surface area contributed by atoms with E-state index >= 15 is 0 Å². The lowest BCUT2D eigenvalue weighted by molar-refractivity contribution is 0.0956. The Balaban J connectivity index is 1.46. The third-order valence-corrected chi connectivity index (χ3v) is 8.07. The highest BCUT2D eigenvalue weighted by Gasteiger charge is 2.33. The Labute approximate surface area is 201 Å². The molecule has 4 rings (SSSR count). The van der Waals surface area contributed by atoms with E-state index in [1.54, 1.807) is 0 Å². The molecule has 178 valence electrons. The molecule has 1 aliphatic heterocycles. The van der Waals surface area contributed by atoms with Crippen molar-refractivity contribution in [3.63, 3.8) is 0 Å². The molecule has 1 atom stereocenters. The zero-order chi connectivity index (χ0) is 23.6. The van der Waals surface area contributed by atoms with E-state index in [4.69, 9.17) is 0 Å². The highest BCUT2D eigenvalue weighted by atomic mass is 32.1. The number of aromatic nitrogens is 3. The fraction of sp³-hybridized carbons (Fsp3) is 0.577. The van der Waals surface area contributed by atoms with Crippen LogP contribution in [0.4, 0.5) is 5.13 Å². The van der Waals surface area contributed by atoms with E-state index < -0.39 is 0 Å². The predicted octanol–water partition coefficient (Wildman–Crippen LogP) is 5.42. The number of para-hydroxylation sites is 1. The van der Waals surface area contributed by atoms with Gasteiger partial charge in [-0.15, -0.1) is 10.2 Å². The minimum atomic E-state index is 0.0787. The van der Waals surface area contributed by atoms with Gasteiger partial charge in [0, 0.05) is 48.7 Å². The Kier molecular flexibility index (Phi) is 7.19. The maximum atomic E-state index is 13.2. The Morgan fingerprint density at radius 1 is 1.18 bits per heavy atom. The summed E-state index contributed by atoms with van der Waals surface area (Å²) in [5, 5.41) is 11.4. The summed E-state index contributed by atoms with van der Waals surface area (Å²) in [7, 11) is 2.16. The van der Waals surface area contributed by atoms with E-state index in [2.05, 4.69) is 90.2 Å². The summed E-state index contributed by atoms with van der Waals surface area (Å²) < 4.78 is 0. The number of ketones is 1. The van der Waals surface area contributed by atoms with Gasteiger partial charge >= 0.3 is 0 Å². The summed E-state index contributed by atoms with van der Waals surface area (Å²) in [6.45, 7) is 11.8. The number of rotatable bonds is 9. The number of anilines is 1. The van der Waals surface area contributed by atoms with Gasteiger partial charge in [-0.1, -0.05) is 49.8 Å². The van der Waals surface area contributed by atoms with Gasteiger partial charge in [-0.05, 0) is 57.2 Å². The van der Waals surface area contributed by atoms with Gasteiger partial charge in [-0.25, -0.2) is 0 Å². The SMILES string of the molecule is CC(C)CCC(CC(=O)c1nnc(N2CCN(C)C(C)(C)C2)s1)Cc1c[nH]c2ccccc12. The number of piperazine rings is 1. The Morgan fingerprint density at radius 2 is 1.97 bits per heavy atom. The van der Waals surface area contributed by atoms with E-state index in [9.17, 15) is 4.79 Å². The molecular weight excluding hydrogens is 430 g/mol. The number of fused-ring (bicyclic) bond motifs is 1. The molecule has 0 amide bonds. The number of carbonyl (C=O) groups is 1. The van der Waals surface area contributed by atoms with Crippen LogP contribution in [0.3, 0.4) is 0 Å². The number of hydrogen-bond donors (Lipinski definition) is 1. The number of H-pyrrole nitrogens is 1. The first kappa shape index (κ1) is 23.9. The average molecular weight is 468 g/mol. The largest absolute Gasteiger partial charge is 0.361 e. The summed E-state index contributed by atoms with van der Waals surface area (Å²) >= 11 is 1.46. The number of nitrogens with zero attached hydrogens (tertiary/aromatic N) is 4. The number of benzene rings is 1. The highest BCUT2D eigenvalue weighted by molar-refractivity contribution is 7.17. The molecule has 33 heavy (non-hydrogen) atoms. The van der Waals surface area contributed by atoms with Crippen molar-refractivity contribution in [1.29, 1.82) is 0 Å². The number of Topliss-reactive ketones (excluding diaryl/α,β-unsaturated/α-hetero) is 1. The van der Waals surface area contributed by atoms with Gasteiger partial charge in [-0.3, -0.25) is 9.69 Å². The van der Waals surface area contributed by atoms with Crippen LogP contribution in [0.5, 0.6) is 0 Å². The van der Waals surface area contributed by atoms with Crippen molar-refractivity contribution in [2.45, 2.75) is 58.9 Å². The molecule has 3 heterocycles. The zero-order valence-corrected chi connectivity index (χ0v) is 21.4. The molecule has 7 heteroatoms. The van der Waals surface area contributed by atoms with E-state index in [1.165, 1.54) is 22.3 Å². The number of carbonyl (C=O) groups excluding carboxylic acids is 1. The van der Waals surface area contributed by atoms with Gasteiger partial charge in [0.25, 0.3) is 0 Å². The van der Waals surface area contributed by atoms with Crippen LogP contribution in [-0.2, 0) is 6.42 Å². The predicted molar refractivity (Wildman–Crippen MR) is 137 cm³/mol. The van der Waals surface area contributed by atoms with Gasteiger partial charge in [0.2, 0.25) is 5.13 Å². The third kappa shape index (κ3) is 5.64. The van der Waals surface area contributed by atoms with Crippen molar-refractivity contribution in [3.8, 4) is 0 Å². The lowest BCUT2D eigenvalue weighted by atomic mass is 9.88. The van der Waals surface area contributed by atoms with Crippen LogP contribution in [0.25, 0.3) is 10.9 Å². The average Bonchev–Trinajstić information content (AvgIpc) is 3.42. The van der Waals surface area contributed by atoms with Gasteiger partial charge in [0.1, 0.15) is 0 Å². The molecule has 3 aromatic rings. The monoisotopic (exact) mass is 467 g/mol. The second-order valence-electron chi connectivity index (χ2n) is 10.6. The second kappa shape index (κ2) is 9.94. The Morgan fingerprint density at radius 3 is 2.73 bits per heavy atom. The first-order valence-corrected chi connectivity index (χ1v) is 12.9. The number of nitrogens with one attached hydrogen (secondary N) is 1. The Hall–Kier alpha value is -2.25. The quantitative estimate of drug-likeness (QED) is 0.426. The van der Waals surface area contributed by atoms with Crippen LogP contribution in [0, 0.1) is 11.8 Å². The van der Waals surface area contributed by atoms with E-state index in [0.717, 1.165) is 49.5 Å². The van der Waals surface area contributed by atoms with Crippen LogP contribution in [0.1, 0.15) is 62.3 Å².